The van der Waals surface area contributed by atoms with E-state index in [9.17, 15) is 4.39 Å². The van der Waals surface area contributed by atoms with Crippen LogP contribution in [0.1, 0.15) is 5.56 Å². The lowest BCUT2D eigenvalue weighted by Gasteiger charge is -2.23. The molecule has 0 radical (unpaired) electrons. The molecule has 0 fully saturated rings. The first kappa shape index (κ1) is 18.9. The van der Waals surface area contributed by atoms with E-state index in [1.807, 2.05) is 6.07 Å². The first-order chi connectivity index (χ1) is 14.1. The van der Waals surface area contributed by atoms with Crippen molar-refractivity contribution in [3.8, 4) is 11.6 Å². The molecule has 0 unspecified atom stereocenters. The van der Waals surface area contributed by atoms with Gasteiger partial charge in [-0.15, -0.1) is 5.10 Å². The summed E-state index contributed by atoms with van der Waals surface area (Å²) >= 11 is 0. The highest BCUT2D eigenvalue weighted by molar-refractivity contribution is 5.59. The minimum Gasteiger partial charge on any atom is -0.461 e. The van der Waals surface area contributed by atoms with E-state index in [1.54, 1.807) is 37.6 Å². The lowest BCUT2D eigenvalue weighted by Crippen LogP contribution is -2.30. The van der Waals surface area contributed by atoms with E-state index in [0.29, 0.717) is 42.7 Å². The van der Waals surface area contributed by atoms with Gasteiger partial charge >= 0.3 is 0 Å². The lowest BCUT2D eigenvalue weighted by molar-refractivity contribution is 0.205. The van der Waals surface area contributed by atoms with Gasteiger partial charge in [0.25, 0.3) is 0 Å². The molecule has 0 amide bonds. The summed E-state index contributed by atoms with van der Waals surface area (Å²) < 4.78 is 25.2. The van der Waals surface area contributed by atoms with Crippen LogP contribution in [0, 0.1) is 5.82 Å². The SMILES string of the molecule is COCCN(CCc1ccc(F)cc1)c1cc2nc(-c3ccco3)nn2c(N)n1. The number of furan rings is 1. The average Bonchev–Trinajstić information content (AvgIpc) is 3.39. The Morgan fingerprint density at radius 2 is 2.00 bits per heavy atom. The second-order valence-electron chi connectivity index (χ2n) is 6.51. The standard InChI is InChI=1S/C20H21FN6O2/c1-28-12-10-26(9-8-14-4-6-15(21)7-5-14)17-13-18-23-19(16-3-2-11-29-16)25-27(18)20(22)24-17/h2-7,11,13H,8-10,12H2,1H3,(H2,22,24). The minimum absolute atomic E-state index is 0.229. The largest absolute Gasteiger partial charge is 0.461 e. The molecule has 0 aliphatic carbocycles. The predicted molar refractivity (Wildman–Crippen MR) is 107 cm³/mol. The molecule has 0 aliphatic heterocycles. The zero-order chi connectivity index (χ0) is 20.2. The normalized spacial score (nSPS) is 11.2. The van der Waals surface area contributed by atoms with Crippen molar-refractivity contribution >= 4 is 17.4 Å². The molecule has 0 atom stereocenters. The molecule has 150 valence electrons. The third-order valence-corrected chi connectivity index (χ3v) is 4.55. The molecule has 3 aromatic heterocycles. The van der Waals surface area contributed by atoms with Crippen LogP contribution in [0.4, 0.5) is 16.2 Å². The first-order valence-corrected chi connectivity index (χ1v) is 9.19. The van der Waals surface area contributed by atoms with E-state index in [-0.39, 0.29) is 11.8 Å². The number of nitrogens with two attached hydrogens (primary N) is 1. The number of ether oxygens (including phenoxy) is 1. The Bertz CT molecular complexity index is 1080. The molecule has 8 nitrogen and oxygen atoms in total. The summed E-state index contributed by atoms with van der Waals surface area (Å²) in [6.45, 7) is 1.82. The maximum absolute atomic E-state index is 13.1. The fraction of sp³-hybridized carbons (Fsp3) is 0.250. The Hall–Kier alpha value is -3.46. The van der Waals surface area contributed by atoms with Crippen molar-refractivity contribution in [1.29, 1.82) is 0 Å². The van der Waals surface area contributed by atoms with E-state index < -0.39 is 0 Å². The van der Waals surface area contributed by atoms with Crippen molar-refractivity contribution in [3.63, 3.8) is 0 Å². The zero-order valence-electron chi connectivity index (χ0n) is 16.0. The van der Waals surface area contributed by atoms with E-state index >= 15 is 0 Å². The Labute approximate surface area is 166 Å². The van der Waals surface area contributed by atoms with Crippen LogP contribution in [0.15, 0.2) is 53.1 Å². The molecular weight excluding hydrogens is 375 g/mol. The number of hydrogen-bond donors (Lipinski definition) is 1. The molecule has 2 N–H and O–H groups in total. The molecule has 0 spiro atoms. The number of fused-ring (bicyclic) bond motifs is 1. The maximum Gasteiger partial charge on any atom is 0.225 e. The van der Waals surface area contributed by atoms with Gasteiger partial charge in [-0.25, -0.2) is 9.37 Å². The molecule has 29 heavy (non-hydrogen) atoms. The van der Waals surface area contributed by atoms with Crippen LogP contribution in [0.5, 0.6) is 0 Å². The number of halogens is 1. The van der Waals surface area contributed by atoms with Gasteiger partial charge in [-0.3, -0.25) is 0 Å². The summed E-state index contributed by atoms with van der Waals surface area (Å²) in [5, 5.41) is 4.36. The van der Waals surface area contributed by atoms with Gasteiger partial charge < -0.3 is 19.8 Å². The topological polar surface area (TPSA) is 94.7 Å². The Morgan fingerprint density at radius 1 is 1.17 bits per heavy atom. The van der Waals surface area contributed by atoms with Gasteiger partial charge in [0.05, 0.1) is 12.9 Å². The van der Waals surface area contributed by atoms with E-state index in [4.69, 9.17) is 14.9 Å². The van der Waals surface area contributed by atoms with Gasteiger partial charge in [0, 0.05) is 26.3 Å². The van der Waals surface area contributed by atoms with Crippen LogP contribution < -0.4 is 10.6 Å². The van der Waals surface area contributed by atoms with E-state index in [1.165, 1.54) is 16.6 Å². The number of nitrogens with zero attached hydrogens (tertiary/aromatic N) is 5. The molecule has 3 heterocycles. The molecule has 0 saturated carbocycles. The maximum atomic E-state index is 13.1. The average molecular weight is 396 g/mol. The fourth-order valence-electron chi connectivity index (χ4n) is 3.03. The highest BCUT2D eigenvalue weighted by Gasteiger charge is 2.16. The first-order valence-electron chi connectivity index (χ1n) is 9.19. The van der Waals surface area contributed by atoms with Crippen LogP contribution in [0.25, 0.3) is 17.2 Å². The monoisotopic (exact) mass is 396 g/mol. The smallest absolute Gasteiger partial charge is 0.225 e. The van der Waals surface area contributed by atoms with Gasteiger partial charge in [-0.05, 0) is 36.2 Å². The van der Waals surface area contributed by atoms with Crippen molar-refractivity contribution in [2.24, 2.45) is 0 Å². The summed E-state index contributed by atoms with van der Waals surface area (Å²) in [6.07, 6.45) is 2.29. The molecule has 4 aromatic rings. The number of benzene rings is 1. The third-order valence-electron chi connectivity index (χ3n) is 4.55. The molecule has 9 heteroatoms. The number of anilines is 2. The van der Waals surface area contributed by atoms with Gasteiger partial charge in [0.1, 0.15) is 11.6 Å². The van der Waals surface area contributed by atoms with Crippen LogP contribution in [-0.4, -0.2) is 46.4 Å². The van der Waals surface area contributed by atoms with Crippen molar-refractivity contribution in [2.45, 2.75) is 6.42 Å². The summed E-state index contributed by atoms with van der Waals surface area (Å²) in [7, 11) is 1.65. The van der Waals surface area contributed by atoms with Crippen molar-refractivity contribution < 1.29 is 13.5 Å². The lowest BCUT2D eigenvalue weighted by atomic mass is 10.1. The second-order valence-corrected chi connectivity index (χ2v) is 6.51. The molecule has 0 saturated heterocycles. The quantitative estimate of drug-likeness (QED) is 0.489. The van der Waals surface area contributed by atoms with Gasteiger partial charge in [0.15, 0.2) is 11.4 Å². The number of methoxy groups -OCH3 is 1. The van der Waals surface area contributed by atoms with Crippen molar-refractivity contribution in [1.82, 2.24) is 19.6 Å². The molecule has 1 aromatic carbocycles. The van der Waals surface area contributed by atoms with E-state index in [0.717, 1.165) is 12.0 Å². The Balaban J connectivity index is 1.61. The van der Waals surface area contributed by atoms with Crippen LogP contribution in [0.2, 0.25) is 0 Å². The molecular formula is C20H21FN6O2. The number of aromatic nitrogens is 4. The zero-order valence-corrected chi connectivity index (χ0v) is 16.0. The highest BCUT2D eigenvalue weighted by Crippen LogP contribution is 2.21. The van der Waals surface area contributed by atoms with Crippen LogP contribution in [-0.2, 0) is 11.2 Å². The summed E-state index contributed by atoms with van der Waals surface area (Å²) in [5.41, 5.74) is 7.74. The van der Waals surface area contributed by atoms with Crippen molar-refractivity contribution in [3.05, 3.63) is 60.1 Å². The van der Waals surface area contributed by atoms with Gasteiger partial charge in [-0.1, -0.05) is 12.1 Å². The predicted octanol–water partition coefficient (Wildman–Crippen LogP) is 2.80. The van der Waals surface area contributed by atoms with Crippen LogP contribution >= 0.6 is 0 Å². The van der Waals surface area contributed by atoms with Gasteiger partial charge in [0.2, 0.25) is 11.8 Å². The number of rotatable bonds is 8. The molecule has 0 bridgehead atoms. The molecule has 4 rings (SSSR count). The van der Waals surface area contributed by atoms with Crippen molar-refractivity contribution in [2.75, 3.05) is 37.4 Å². The highest BCUT2D eigenvalue weighted by atomic mass is 19.1. The third kappa shape index (κ3) is 4.19. The second kappa shape index (κ2) is 8.27. The van der Waals surface area contributed by atoms with Gasteiger partial charge in [-0.2, -0.15) is 9.50 Å². The summed E-state index contributed by atoms with van der Waals surface area (Å²) in [5.74, 6) is 1.65. The fourth-order valence-corrected chi connectivity index (χ4v) is 3.03. The summed E-state index contributed by atoms with van der Waals surface area (Å²) in [4.78, 5) is 11.1. The number of hydrogen-bond acceptors (Lipinski definition) is 7. The van der Waals surface area contributed by atoms with E-state index in [2.05, 4.69) is 20.0 Å². The summed E-state index contributed by atoms with van der Waals surface area (Å²) in [6, 6.07) is 11.9. The minimum atomic E-state index is -0.246. The Kier molecular flexibility index (Phi) is 5.39. The Morgan fingerprint density at radius 3 is 2.72 bits per heavy atom. The number of nitrogen functional groups attached to an aromatic ring is 1. The van der Waals surface area contributed by atoms with Crippen LogP contribution in [0.3, 0.4) is 0 Å². The molecule has 0 aliphatic rings.